The van der Waals surface area contributed by atoms with Crippen molar-refractivity contribution >= 4 is 6.01 Å². The van der Waals surface area contributed by atoms with Crippen molar-refractivity contribution in [2.75, 3.05) is 12.4 Å². The van der Waals surface area contributed by atoms with E-state index in [0.717, 1.165) is 48.8 Å². The zero-order valence-corrected chi connectivity index (χ0v) is 14.3. The maximum atomic E-state index is 5.37. The van der Waals surface area contributed by atoms with Gasteiger partial charge in [-0.05, 0) is 25.0 Å². The lowest BCUT2D eigenvalue weighted by Crippen LogP contribution is -2.22. The zero-order valence-electron chi connectivity index (χ0n) is 14.3. The third-order valence-electron chi connectivity index (χ3n) is 4.29. The van der Waals surface area contributed by atoms with Gasteiger partial charge in [0.1, 0.15) is 11.6 Å². The van der Waals surface area contributed by atoms with Crippen LogP contribution in [0.3, 0.4) is 0 Å². The van der Waals surface area contributed by atoms with Crippen LogP contribution in [0, 0.1) is 0 Å². The molecule has 1 atom stereocenters. The van der Waals surface area contributed by atoms with E-state index >= 15 is 0 Å². The van der Waals surface area contributed by atoms with Gasteiger partial charge in [0.05, 0.1) is 13.2 Å². The SMILES string of the molecule is CCc1nc2n(n1)CCC[C@H]2Nc1nc(-c2cccc(OC)c2)no1. The summed E-state index contributed by atoms with van der Waals surface area (Å²) in [6.45, 7) is 2.96. The molecular weight excluding hydrogens is 320 g/mol. The van der Waals surface area contributed by atoms with E-state index in [4.69, 9.17) is 9.26 Å². The molecule has 1 aliphatic rings. The zero-order chi connectivity index (χ0) is 17.2. The van der Waals surface area contributed by atoms with Crippen LogP contribution in [-0.2, 0) is 13.0 Å². The molecule has 0 radical (unpaired) electrons. The van der Waals surface area contributed by atoms with Gasteiger partial charge in [-0.1, -0.05) is 24.2 Å². The Morgan fingerprint density at radius 3 is 3.12 bits per heavy atom. The predicted octanol–water partition coefficient (Wildman–Crippen LogP) is 2.85. The Hall–Kier alpha value is -2.90. The van der Waals surface area contributed by atoms with Crippen LogP contribution in [0.25, 0.3) is 11.4 Å². The minimum Gasteiger partial charge on any atom is -0.497 e. The fourth-order valence-electron chi connectivity index (χ4n) is 3.00. The van der Waals surface area contributed by atoms with Gasteiger partial charge in [-0.2, -0.15) is 10.1 Å². The van der Waals surface area contributed by atoms with E-state index in [1.54, 1.807) is 7.11 Å². The fourth-order valence-corrected chi connectivity index (χ4v) is 3.00. The molecule has 8 heteroatoms. The summed E-state index contributed by atoms with van der Waals surface area (Å²) in [7, 11) is 1.63. The van der Waals surface area contributed by atoms with Gasteiger partial charge in [-0.15, -0.1) is 0 Å². The van der Waals surface area contributed by atoms with Crippen molar-refractivity contribution in [3.8, 4) is 17.1 Å². The molecule has 1 aromatic carbocycles. The van der Waals surface area contributed by atoms with Crippen LogP contribution in [0.1, 0.15) is 37.5 Å². The molecule has 2 aromatic heterocycles. The summed E-state index contributed by atoms with van der Waals surface area (Å²) in [6, 6.07) is 7.98. The van der Waals surface area contributed by atoms with Gasteiger partial charge in [0.2, 0.25) is 5.82 Å². The van der Waals surface area contributed by atoms with Crippen molar-refractivity contribution in [3.63, 3.8) is 0 Å². The van der Waals surface area contributed by atoms with Crippen LogP contribution in [-0.4, -0.2) is 32.0 Å². The summed E-state index contributed by atoms with van der Waals surface area (Å²) in [4.78, 5) is 9.07. The largest absolute Gasteiger partial charge is 0.497 e. The van der Waals surface area contributed by atoms with Crippen molar-refractivity contribution in [2.24, 2.45) is 0 Å². The van der Waals surface area contributed by atoms with Crippen LogP contribution in [0.15, 0.2) is 28.8 Å². The molecule has 0 saturated carbocycles. The Morgan fingerprint density at radius 1 is 1.36 bits per heavy atom. The van der Waals surface area contributed by atoms with Gasteiger partial charge < -0.3 is 14.6 Å². The molecule has 0 amide bonds. The first-order chi connectivity index (χ1) is 12.3. The maximum absolute atomic E-state index is 5.37. The van der Waals surface area contributed by atoms with Gasteiger partial charge in [0.25, 0.3) is 0 Å². The van der Waals surface area contributed by atoms with E-state index in [0.29, 0.717) is 11.8 Å². The van der Waals surface area contributed by atoms with Gasteiger partial charge in [0.15, 0.2) is 5.82 Å². The molecule has 0 spiro atoms. The molecule has 3 aromatic rings. The van der Waals surface area contributed by atoms with Crippen molar-refractivity contribution in [1.29, 1.82) is 0 Å². The smallest absolute Gasteiger partial charge is 0.322 e. The number of rotatable bonds is 5. The third kappa shape index (κ3) is 3.07. The number of nitrogens with one attached hydrogen (secondary N) is 1. The van der Waals surface area contributed by atoms with Gasteiger partial charge in [-0.3, -0.25) is 0 Å². The lowest BCUT2D eigenvalue weighted by Gasteiger charge is -2.21. The highest BCUT2D eigenvalue weighted by molar-refractivity contribution is 5.58. The molecule has 130 valence electrons. The number of aromatic nitrogens is 5. The number of anilines is 1. The summed E-state index contributed by atoms with van der Waals surface area (Å²) in [5.74, 6) is 3.08. The highest BCUT2D eigenvalue weighted by Gasteiger charge is 2.25. The molecule has 1 N–H and O–H groups in total. The van der Waals surface area contributed by atoms with Gasteiger partial charge in [0, 0.05) is 18.5 Å². The molecule has 0 fully saturated rings. The highest BCUT2D eigenvalue weighted by atomic mass is 16.5. The number of aryl methyl sites for hydroxylation is 2. The number of hydrogen-bond donors (Lipinski definition) is 1. The van der Waals surface area contributed by atoms with Crippen molar-refractivity contribution < 1.29 is 9.26 Å². The summed E-state index contributed by atoms with van der Waals surface area (Å²) in [5, 5.41) is 11.9. The number of benzene rings is 1. The Bertz CT molecular complexity index is 872. The quantitative estimate of drug-likeness (QED) is 0.763. The van der Waals surface area contributed by atoms with E-state index < -0.39 is 0 Å². The van der Waals surface area contributed by atoms with Gasteiger partial charge >= 0.3 is 6.01 Å². The fraction of sp³-hybridized carbons (Fsp3) is 0.412. The molecule has 8 nitrogen and oxygen atoms in total. The first-order valence-electron chi connectivity index (χ1n) is 8.45. The van der Waals surface area contributed by atoms with Crippen LogP contribution >= 0.6 is 0 Å². The summed E-state index contributed by atoms with van der Waals surface area (Å²) in [5.41, 5.74) is 0.844. The first kappa shape index (κ1) is 15.6. The molecule has 3 heterocycles. The van der Waals surface area contributed by atoms with Gasteiger partial charge in [-0.25, -0.2) is 9.67 Å². The minimum absolute atomic E-state index is 0.0279. The molecule has 0 saturated heterocycles. The number of hydrogen-bond acceptors (Lipinski definition) is 7. The molecule has 0 unspecified atom stereocenters. The first-order valence-corrected chi connectivity index (χ1v) is 8.45. The minimum atomic E-state index is 0.0279. The Morgan fingerprint density at radius 2 is 2.28 bits per heavy atom. The van der Waals surface area contributed by atoms with Crippen molar-refractivity contribution in [1.82, 2.24) is 24.9 Å². The molecule has 0 aliphatic carbocycles. The van der Waals surface area contributed by atoms with Crippen LogP contribution in [0.5, 0.6) is 5.75 Å². The van der Waals surface area contributed by atoms with E-state index in [1.807, 2.05) is 28.9 Å². The standard InChI is InChI=1S/C17H20N6O2/c1-3-14-19-16-13(8-5-9-23(16)21-14)18-17-20-15(22-25-17)11-6-4-7-12(10-11)24-2/h4,6-7,10,13H,3,5,8-9H2,1-2H3,(H,18,20,22)/t13-/m1/s1. The lowest BCUT2D eigenvalue weighted by atomic mass is 10.1. The molecular formula is C17H20N6O2. The van der Waals surface area contributed by atoms with Crippen LogP contribution in [0.4, 0.5) is 6.01 Å². The normalized spacial score (nSPS) is 16.5. The van der Waals surface area contributed by atoms with Crippen LogP contribution in [0.2, 0.25) is 0 Å². The predicted molar refractivity (Wildman–Crippen MR) is 91.3 cm³/mol. The van der Waals surface area contributed by atoms with E-state index in [-0.39, 0.29) is 6.04 Å². The topological polar surface area (TPSA) is 90.9 Å². The molecule has 1 aliphatic heterocycles. The van der Waals surface area contributed by atoms with Crippen molar-refractivity contribution in [3.05, 3.63) is 35.9 Å². The molecule has 25 heavy (non-hydrogen) atoms. The second kappa shape index (κ2) is 6.54. The summed E-state index contributed by atoms with van der Waals surface area (Å²) in [6.07, 6.45) is 2.82. The number of ether oxygens (including phenoxy) is 1. The monoisotopic (exact) mass is 340 g/mol. The maximum Gasteiger partial charge on any atom is 0.322 e. The second-order valence-electron chi connectivity index (χ2n) is 5.96. The molecule has 0 bridgehead atoms. The van der Waals surface area contributed by atoms with E-state index in [2.05, 4.69) is 32.5 Å². The van der Waals surface area contributed by atoms with Crippen molar-refractivity contribution in [2.45, 2.75) is 38.8 Å². The Kier molecular flexibility index (Phi) is 4.09. The lowest BCUT2D eigenvalue weighted by molar-refractivity contribution is 0.402. The average molecular weight is 340 g/mol. The summed E-state index contributed by atoms with van der Waals surface area (Å²) < 4.78 is 12.6. The Labute approximate surface area is 145 Å². The number of fused-ring (bicyclic) bond motifs is 1. The highest BCUT2D eigenvalue weighted by Crippen LogP contribution is 2.28. The second-order valence-corrected chi connectivity index (χ2v) is 5.96. The molecule has 4 rings (SSSR count). The third-order valence-corrected chi connectivity index (χ3v) is 4.29. The van der Waals surface area contributed by atoms with E-state index in [1.165, 1.54) is 0 Å². The number of nitrogens with zero attached hydrogens (tertiary/aromatic N) is 5. The average Bonchev–Trinajstić information content (AvgIpc) is 3.29. The van der Waals surface area contributed by atoms with E-state index in [9.17, 15) is 0 Å². The summed E-state index contributed by atoms with van der Waals surface area (Å²) >= 11 is 0. The Balaban J connectivity index is 1.55. The number of methoxy groups -OCH3 is 1. The van der Waals surface area contributed by atoms with Crippen LogP contribution < -0.4 is 10.1 Å².